The van der Waals surface area contributed by atoms with E-state index in [0.29, 0.717) is 12.3 Å². The Balaban J connectivity index is 2.23. The summed E-state index contributed by atoms with van der Waals surface area (Å²) in [6.45, 7) is 4.08. The molecule has 2 unspecified atom stereocenters. The molecule has 3 nitrogen and oxygen atoms in total. The lowest BCUT2D eigenvalue weighted by Crippen LogP contribution is -2.36. The van der Waals surface area contributed by atoms with Gasteiger partial charge in [0.15, 0.2) is 0 Å². The molecule has 2 fully saturated rings. The van der Waals surface area contributed by atoms with Gasteiger partial charge in [0.1, 0.15) is 0 Å². The fraction of sp³-hybridized carbons (Fsp3) is 0.750. The first kappa shape index (κ1) is 6.83. The van der Waals surface area contributed by atoms with Gasteiger partial charge in [-0.05, 0) is 11.3 Å². The van der Waals surface area contributed by atoms with Crippen LogP contribution in [0.1, 0.15) is 20.3 Å². The van der Waals surface area contributed by atoms with Gasteiger partial charge >= 0.3 is 0 Å². The minimum Gasteiger partial charge on any atom is -0.296 e. The lowest BCUT2D eigenvalue weighted by molar-refractivity contribution is -0.133. The third kappa shape index (κ3) is 0.737. The SMILES string of the molecule is CC1(C)C2CC(=O)NC(=O)C21. The van der Waals surface area contributed by atoms with E-state index in [9.17, 15) is 9.59 Å². The lowest BCUT2D eigenvalue weighted by atomic mass is 10.1. The summed E-state index contributed by atoms with van der Waals surface area (Å²) in [5.41, 5.74) is 0.0657. The molecule has 11 heavy (non-hydrogen) atoms. The second-order valence-electron chi connectivity index (χ2n) is 4.02. The number of nitrogens with one attached hydrogen (secondary N) is 1. The summed E-state index contributed by atoms with van der Waals surface area (Å²) >= 11 is 0. The first-order chi connectivity index (χ1) is 5.03. The second-order valence-corrected chi connectivity index (χ2v) is 4.02. The van der Waals surface area contributed by atoms with Crippen molar-refractivity contribution < 1.29 is 9.59 Å². The predicted molar refractivity (Wildman–Crippen MR) is 38.5 cm³/mol. The summed E-state index contributed by atoms with van der Waals surface area (Å²) in [7, 11) is 0. The zero-order valence-electron chi connectivity index (χ0n) is 6.68. The number of carbonyl (C=O) groups excluding carboxylic acids is 2. The number of piperidine rings is 1. The summed E-state index contributed by atoms with van der Waals surface area (Å²) in [5, 5.41) is 2.35. The van der Waals surface area contributed by atoms with Crippen LogP contribution in [0.15, 0.2) is 0 Å². The molecular weight excluding hydrogens is 142 g/mol. The van der Waals surface area contributed by atoms with Crippen LogP contribution < -0.4 is 5.32 Å². The zero-order chi connectivity index (χ0) is 8.22. The molecule has 1 aliphatic carbocycles. The van der Waals surface area contributed by atoms with Crippen LogP contribution >= 0.6 is 0 Å². The Morgan fingerprint density at radius 2 is 2.09 bits per heavy atom. The van der Waals surface area contributed by atoms with Crippen molar-refractivity contribution in [1.82, 2.24) is 5.32 Å². The number of rotatable bonds is 0. The highest BCUT2D eigenvalue weighted by atomic mass is 16.2. The van der Waals surface area contributed by atoms with Crippen molar-refractivity contribution in [2.75, 3.05) is 0 Å². The fourth-order valence-electron chi connectivity index (χ4n) is 2.11. The number of hydrogen-bond donors (Lipinski definition) is 1. The molecule has 2 rings (SSSR count). The van der Waals surface area contributed by atoms with Crippen LogP contribution in [0.3, 0.4) is 0 Å². The maximum atomic E-state index is 11.1. The Kier molecular flexibility index (Phi) is 1.03. The molecule has 0 bridgehead atoms. The summed E-state index contributed by atoms with van der Waals surface area (Å²) in [4.78, 5) is 22.0. The van der Waals surface area contributed by atoms with Crippen LogP contribution in [-0.2, 0) is 9.59 Å². The number of imide groups is 1. The zero-order valence-corrected chi connectivity index (χ0v) is 6.68. The molecule has 0 aromatic heterocycles. The molecule has 1 N–H and O–H groups in total. The molecule has 1 heterocycles. The number of fused-ring (bicyclic) bond motifs is 1. The van der Waals surface area contributed by atoms with Crippen LogP contribution in [0.2, 0.25) is 0 Å². The van der Waals surface area contributed by atoms with E-state index < -0.39 is 0 Å². The highest BCUT2D eigenvalue weighted by molar-refractivity contribution is 6.01. The van der Waals surface area contributed by atoms with E-state index in [2.05, 4.69) is 5.32 Å². The van der Waals surface area contributed by atoms with Crippen LogP contribution in [-0.4, -0.2) is 11.8 Å². The Morgan fingerprint density at radius 1 is 1.45 bits per heavy atom. The van der Waals surface area contributed by atoms with Gasteiger partial charge < -0.3 is 0 Å². The van der Waals surface area contributed by atoms with Gasteiger partial charge in [-0.15, -0.1) is 0 Å². The van der Waals surface area contributed by atoms with Gasteiger partial charge in [0.05, 0.1) is 0 Å². The molecule has 60 valence electrons. The van der Waals surface area contributed by atoms with Crippen molar-refractivity contribution in [3.8, 4) is 0 Å². The topological polar surface area (TPSA) is 46.2 Å². The van der Waals surface area contributed by atoms with E-state index in [4.69, 9.17) is 0 Å². The van der Waals surface area contributed by atoms with Gasteiger partial charge in [-0.1, -0.05) is 13.8 Å². The Morgan fingerprint density at radius 3 is 2.64 bits per heavy atom. The first-order valence-corrected chi connectivity index (χ1v) is 3.87. The van der Waals surface area contributed by atoms with Crippen molar-refractivity contribution in [2.45, 2.75) is 20.3 Å². The average molecular weight is 153 g/mol. The van der Waals surface area contributed by atoms with Crippen molar-refractivity contribution in [2.24, 2.45) is 17.3 Å². The van der Waals surface area contributed by atoms with Gasteiger partial charge in [-0.2, -0.15) is 0 Å². The van der Waals surface area contributed by atoms with E-state index in [0.717, 1.165) is 0 Å². The molecule has 0 radical (unpaired) electrons. The quantitative estimate of drug-likeness (QED) is 0.509. The molecular formula is C8H11NO2. The number of amides is 2. The number of hydrogen-bond acceptors (Lipinski definition) is 2. The van der Waals surface area contributed by atoms with Crippen LogP contribution in [0.4, 0.5) is 0 Å². The highest BCUT2D eigenvalue weighted by Crippen LogP contribution is 2.61. The molecule has 2 atom stereocenters. The van der Waals surface area contributed by atoms with Gasteiger partial charge in [0.2, 0.25) is 11.8 Å². The minimum atomic E-state index is -0.109. The van der Waals surface area contributed by atoms with Crippen LogP contribution in [0.5, 0.6) is 0 Å². The molecule has 1 saturated carbocycles. The van der Waals surface area contributed by atoms with Gasteiger partial charge in [-0.3, -0.25) is 14.9 Å². The molecule has 0 aromatic carbocycles. The van der Waals surface area contributed by atoms with E-state index >= 15 is 0 Å². The first-order valence-electron chi connectivity index (χ1n) is 3.87. The second kappa shape index (κ2) is 1.65. The smallest absolute Gasteiger partial charge is 0.230 e. The predicted octanol–water partition coefficient (Wildman–Crippen LogP) is 0.305. The Labute approximate surface area is 65.2 Å². The number of carbonyl (C=O) groups is 2. The van der Waals surface area contributed by atoms with Crippen molar-refractivity contribution in [3.05, 3.63) is 0 Å². The summed E-state index contributed by atoms with van der Waals surface area (Å²) in [6.07, 6.45) is 0.531. The summed E-state index contributed by atoms with van der Waals surface area (Å²) < 4.78 is 0. The van der Waals surface area contributed by atoms with Crippen LogP contribution in [0, 0.1) is 17.3 Å². The van der Waals surface area contributed by atoms with Gasteiger partial charge in [0, 0.05) is 12.3 Å². The van der Waals surface area contributed by atoms with E-state index in [-0.39, 0.29) is 23.1 Å². The average Bonchev–Trinajstić information content (AvgIpc) is 2.34. The Bertz CT molecular complexity index is 244. The Hall–Kier alpha value is -0.860. The maximum absolute atomic E-state index is 11.1. The van der Waals surface area contributed by atoms with Crippen LogP contribution in [0.25, 0.3) is 0 Å². The largest absolute Gasteiger partial charge is 0.296 e. The van der Waals surface area contributed by atoms with E-state index in [1.165, 1.54) is 0 Å². The molecule has 1 saturated heterocycles. The van der Waals surface area contributed by atoms with Gasteiger partial charge in [-0.25, -0.2) is 0 Å². The normalized spacial score (nSPS) is 39.5. The third-order valence-electron chi connectivity index (χ3n) is 3.00. The van der Waals surface area contributed by atoms with Crippen molar-refractivity contribution in [3.63, 3.8) is 0 Å². The fourth-order valence-corrected chi connectivity index (χ4v) is 2.11. The summed E-state index contributed by atoms with van der Waals surface area (Å²) in [5.74, 6) is 0.224. The van der Waals surface area contributed by atoms with Gasteiger partial charge in [0.25, 0.3) is 0 Å². The highest BCUT2D eigenvalue weighted by Gasteiger charge is 2.64. The monoisotopic (exact) mass is 153 g/mol. The van der Waals surface area contributed by atoms with E-state index in [1.54, 1.807) is 0 Å². The molecule has 2 aliphatic rings. The lowest BCUT2D eigenvalue weighted by Gasteiger charge is -2.06. The van der Waals surface area contributed by atoms with Crippen molar-refractivity contribution >= 4 is 11.8 Å². The minimum absolute atomic E-state index is 0.0657. The van der Waals surface area contributed by atoms with Crippen molar-refractivity contribution in [1.29, 1.82) is 0 Å². The molecule has 3 heteroatoms. The summed E-state index contributed by atoms with van der Waals surface area (Å²) in [6, 6.07) is 0. The maximum Gasteiger partial charge on any atom is 0.230 e. The molecule has 0 spiro atoms. The standard InChI is InChI=1S/C8H11NO2/c1-8(2)4-3-5(10)9-7(11)6(4)8/h4,6H,3H2,1-2H3,(H,9,10,11). The molecule has 1 aliphatic heterocycles. The molecule has 2 amide bonds. The van der Waals surface area contributed by atoms with E-state index in [1.807, 2.05) is 13.8 Å². The molecule has 0 aromatic rings. The third-order valence-corrected chi connectivity index (χ3v) is 3.00.